The van der Waals surface area contributed by atoms with Crippen molar-refractivity contribution in [1.82, 2.24) is 4.90 Å². The van der Waals surface area contributed by atoms with Crippen LogP contribution >= 0.6 is 0 Å². The lowest BCUT2D eigenvalue weighted by molar-refractivity contribution is 0.195. The van der Waals surface area contributed by atoms with Crippen LogP contribution < -0.4 is 5.73 Å². The molecule has 0 aromatic heterocycles. The minimum Gasteiger partial charge on any atom is -0.330 e. The SMILES string of the molecule is CCC(CN)CN(C)C(C)CC(C)C. The Bertz CT molecular complexity index is 130. The summed E-state index contributed by atoms with van der Waals surface area (Å²) in [5.41, 5.74) is 5.71. The standard InChI is InChI=1S/C12H28N2/c1-6-12(8-13)9-14(5)11(4)7-10(2)3/h10-12H,6-9,13H2,1-5H3. The van der Waals surface area contributed by atoms with E-state index in [2.05, 4.69) is 39.6 Å². The van der Waals surface area contributed by atoms with Gasteiger partial charge in [-0.25, -0.2) is 0 Å². The topological polar surface area (TPSA) is 29.3 Å². The molecular weight excluding hydrogens is 172 g/mol. The summed E-state index contributed by atoms with van der Waals surface area (Å²) in [6.07, 6.45) is 2.47. The van der Waals surface area contributed by atoms with Gasteiger partial charge in [-0.3, -0.25) is 0 Å². The van der Waals surface area contributed by atoms with Gasteiger partial charge in [0.15, 0.2) is 0 Å². The van der Waals surface area contributed by atoms with E-state index in [-0.39, 0.29) is 0 Å². The van der Waals surface area contributed by atoms with Crippen LogP contribution in [-0.4, -0.2) is 31.1 Å². The second-order valence-electron chi connectivity index (χ2n) is 4.93. The zero-order valence-corrected chi connectivity index (χ0v) is 10.6. The first kappa shape index (κ1) is 13.9. The molecule has 0 bridgehead atoms. The van der Waals surface area contributed by atoms with Gasteiger partial charge in [0, 0.05) is 12.6 Å². The Morgan fingerprint density at radius 2 is 1.79 bits per heavy atom. The van der Waals surface area contributed by atoms with E-state index in [1.54, 1.807) is 0 Å². The highest BCUT2D eigenvalue weighted by Crippen LogP contribution is 2.12. The summed E-state index contributed by atoms with van der Waals surface area (Å²) in [4.78, 5) is 2.45. The molecule has 0 aliphatic rings. The van der Waals surface area contributed by atoms with Crippen molar-refractivity contribution in [3.8, 4) is 0 Å². The molecule has 0 aliphatic carbocycles. The van der Waals surface area contributed by atoms with Gasteiger partial charge in [0.25, 0.3) is 0 Å². The molecule has 2 N–H and O–H groups in total. The summed E-state index contributed by atoms with van der Waals surface area (Å²) >= 11 is 0. The molecule has 0 fully saturated rings. The molecule has 2 nitrogen and oxygen atoms in total. The van der Waals surface area contributed by atoms with Gasteiger partial charge in [-0.1, -0.05) is 27.2 Å². The van der Waals surface area contributed by atoms with Crippen LogP contribution in [-0.2, 0) is 0 Å². The summed E-state index contributed by atoms with van der Waals surface area (Å²) in [5.74, 6) is 1.44. The first-order chi connectivity index (χ1) is 6.51. The fraction of sp³-hybridized carbons (Fsp3) is 1.00. The Hall–Kier alpha value is -0.0800. The summed E-state index contributed by atoms with van der Waals surface area (Å²) in [7, 11) is 2.21. The van der Waals surface area contributed by atoms with Crippen molar-refractivity contribution < 1.29 is 0 Å². The number of rotatable bonds is 7. The van der Waals surface area contributed by atoms with E-state index in [1.807, 2.05) is 0 Å². The van der Waals surface area contributed by atoms with Crippen molar-refractivity contribution >= 4 is 0 Å². The fourth-order valence-corrected chi connectivity index (χ4v) is 1.82. The van der Waals surface area contributed by atoms with E-state index in [4.69, 9.17) is 5.73 Å². The molecule has 0 amide bonds. The highest BCUT2D eigenvalue weighted by Gasteiger charge is 2.14. The maximum absolute atomic E-state index is 5.71. The normalized spacial score (nSPS) is 16.3. The predicted molar refractivity (Wildman–Crippen MR) is 64.4 cm³/mol. The van der Waals surface area contributed by atoms with Gasteiger partial charge in [0.1, 0.15) is 0 Å². The van der Waals surface area contributed by atoms with Crippen molar-refractivity contribution in [2.45, 2.75) is 46.6 Å². The van der Waals surface area contributed by atoms with Gasteiger partial charge in [-0.15, -0.1) is 0 Å². The Kier molecular flexibility index (Phi) is 7.20. The zero-order valence-electron chi connectivity index (χ0n) is 10.6. The minimum absolute atomic E-state index is 0.662. The van der Waals surface area contributed by atoms with Crippen molar-refractivity contribution in [2.24, 2.45) is 17.6 Å². The smallest absolute Gasteiger partial charge is 0.00664 e. The van der Waals surface area contributed by atoms with Crippen molar-refractivity contribution in [1.29, 1.82) is 0 Å². The summed E-state index contributed by atoms with van der Waals surface area (Å²) < 4.78 is 0. The Balaban J connectivity index is 3.86. The third-order valence-electron chi connectivity index (χ3n) is 3.02. The molecular formula is C12H28N2. The molecule has 14 heavy (non-hydrogen) atoms. The van der Waals surface area contributed by atoms with Crippen molar-refractivity contribution in [3.05, 3.63) is 0 Å². The van der Waals surface area contributed by atoms with E-state index >= 15 is 0 Å². The lowest BCUT2D eigenvalue weighted by atomic mass is 10.0. The van der Waals surface area contributed by atoms with Crippen LogP contribution in [0.2, 0.25) is 0 Å². The molecule has 0 aromatic carbocycles. The summed E-state index contributed by atoms with van der Waals surface area (Å²) in [6.45, 7) is 11.0. The highest BCUT2D eigenvalue weighted by atomic mass is 15.1. The van der Waals surface area contributed by atoms with Gasteiger partial charge in [-0.2, -0.15) is 0 Å². The number of nitrogens with zero attached hydrogens (tertiary/aromatic N) is 1. The fourth-order valence-electron chi connectivity index (χ4n) is 1.82. The largest absolute Gasteiger partial charge is 0.330 e. The second kappa shape index (κ2) is 7.24. The van der Waals surface area contributed by atoms with Gasteiger partial charge >= 0.3 is 0 Å². The molecule has 0 aliphatic heterocycles. The maximum Gasteiger partial charge on any atom is 0.00664 e. The number of hydrogen-bond acceptors (Lipinski definition) is 2. The molecule has 0 radical (unpaired) electrons. The molecule has 0 spiro atoms. The lowest BCUT2D eigenvalue weighted by Crippen LogP contribution is -2.36. The van der Waals surface area contributed by atoms with E-state index in [0.717, 1.165) is 19.0 Å². The van der Waals surface area contributed by atoms with Gasteiger partial charge in [0.05, 0.1) is 0 Å². The van der Waals surface area contributed by atoms with Crippen LogP contribution in [0.3, 0.4) is 0 Å². The Labute approximate surface area is 89.9 Å². The number of hydrogen-bond donors (Lipinski definition) is 1. The van der Waals surface area contributed by atoms with Gasteiger partial charge in [-0.05, 0) is 38.8 Å². The molecule has 2 atom stereocenters. The molecule has 0 saturated heterocycles. The van der Waals surface area contributed by atoms with E-state index in [9.17, 15) is 0 Å². The summed E-state index contributed by atoms with van der Waals surface area (Å²) in [5, 5.41) is 0. The average molecular weight is 200 g/mol. The summed E-state index contributed by atoms with van der Waals surface area (Å²) in [6, 6.07) is 0.676. The van der Waals surface area contributed by atoms with E-state index in [0.29, 0.717) is 12.0 Å². The maximum atomic E-state index is 5.71. The molecule has 2 unspecified atom stereocenters. The number of nitrogens with two attached hydrogens (primary N) is 1. The highest BCUT2D eigenvalue weighted by molar-refractivity contribution is 4.69. The molecule has 0 heterocycles. The van der Waals surface area contributed by atoms with E-state index < -0.39 is 0 Å². The first-order valence-corrected chi connectivity index (χ1v) is 5.91. The Morgan fingerprint density at radius 1 is 1.21 bits per heavy atom. The monoisotopic (exact) mass is 200 g/mol. The molecule has 86 valence electrons. The van der Waals surface area contributed by atoms with Gasteiger partial charge < -0.3 is 10.6 Å². The van der Waals surface area contributed by atoms with Crippen molar-refractivity contribution in [2.75, 3.05) is 20.1 Å². The second-order valence-corrected chi connectivity index (χ2v) is 4.93. The molecule has 0 saturated carbocycles. The van der Waals surface area contributed by atoms with Crippen LogP contribution in [0.5, 0.6) is 0 Å². The zero-order chi connectivity index (χ0) is 11.1. The molecule has 0 aromatic rings. The molecule has 2 heteroatoms. The van der Waals surface area contributed by atoms with Gasteiger partial charge in [0.2, 0.25) is 0 Å². The minimum atomic E-state index is 0.662. The first-order valence-electron chi connectivity index (χ1n) is 5.91. The third kappa shape index (κ3) is 5.61. The van der Waals surface area contributed by atoms with Crippen LogP contribution in [0.4, 0.5) is 0 Å². The lowest BCUT2D eigenvalue weighted by Gasteiger charge is -2.29. The Morgan fingerprint density at radius 3 is 2.14 bits per heavy atom. The predicted octanol–water partition coefficient (Wildman–Crippen LogP) is 2.34. The van der Waals surface area contributed by atoms with Crippen LogP contribution in [0.1, 0.15) is 40.5 Å². The third-order valence-corrected chi connectivity index (χ3v) is 3.02. The van der Waals surface area contributed by atoms with Crippen LogP contribution in [0.25, 0.3) is 0 Å². The van der Waals surface area contributed by atoms with Crippen LogP contribution in [0, 0.1) is 11.8 Å². The van der Waals surface area contributed by atoms with Crippen molar-refractivity contribution in [3.63, 3.8) is 0 Å². The van der Waals surface area contributed by atoms with E-state index in [1.165, 1.54) is 12.8 Å². The quantitative estimate of drug-likeness (QED) is 0.683. The molecule has 0 rings (SSSR count). The average Bonchev–Trinajstić information content (AvgIpc) is 2.12. The van der Waals surface area contributed by atoms with Crippen LogP contribution in [0.15, 0.2) is 0 Å².